The zero-order valence-electron chi connectivity index (χ0n) is 13.6. The molecule has 1 unspecified atom stereocenters. The summed E-state index contributed by atoms with van der Waals surface area (Å²) in [5.41, 5.74) is 6.31. The highest BCUT2D eigenvalue weighted by atomic mass is 16.6. The van der Waals surface area contributed by atoms with E-state index in [-0.39, 0.29) is 5.97 Å². The van der Waals surface area contributed by atoms with Crippen LogP contribution in [0.25, 0.3) is 10.4 Å². The lowest BCUT2D eigenvalue weighted by atomic mass is 9.78. The number of nitrogens with one attached hydrogen (secondary N) is 1. The minimum atomic E-state index is -0.886. The largest absolute Gasteiger partial charge is 0.465 e. The highest BCUT2D eigenvalue weighted by molar-refractivity contribution is 5.83. The van der Waals surface area contributed by atoms with Gasteiger partial charge in [0.15, 0.2) is 0 Å². The van der Waals surface area contributed by atoms with Crippen LogP contribution in [0.5, 0.6) is 0 Å². The number of carbonyl (C=O) groups excluding carboxylic acids is 1. The second-order valence-electron chi connectivity index (χ2n) is 6.41. The molecule has 0 aromatic heterocycles. The molecule has 1 aliphatic heterocycles. The van der Waals surface area contributed by atoms with Crippen molar-refractivity contribution in [3.05, 3.63) is 10.4 Å². The lowest BCUT2D eigenvalue weighted by Crippen LogP contribution is -2.63. The molecule has 1 saturated heterocycles. The fourth-order valence-electron chi connectivity index (χ4n) is 3.08. The van der Waals surface area contributed by atoms with Gasteiger partial charge in [-0.25, -0.2) is 4.79 Å². The van der Waals surface area contributed by atoms with E-state index in [9.17, 15) is 4.79 Å². The van der Waals surface area contributed by atoms with Crippen molar-refractivity contribution in [3.63, 3.8) is 0 Å². The number of hydrogen-bond donors (Lipinski definition) is 1. The van der Waals surface area contributed by atoms with Crippen LogP contribution in [0.1, 0.15) is 47.5 Å². The van der Waals surface area contributed by atoms with Crippen molar-refractivity contribution in [3.8, 4) is 0 Å². The molecular weight excluding hydrogens is 272 g/mol. The SMILES string of the molecule is CCOC(=O)C1(NCCCN=[N+]=[N-])CC(C)(C)OC1(C)C. The molecular formula is C14H26N4O3. The number of hydrogen-bond acceptors (Lipinski definition) is 5. The third kappa shape index (κ3) is 3.87. The van der Waals surface area contributed by atoms with Crippen LogP contribution >= 0.6 is 0 Å². The minimum Gasteiger partial charge on any atom is -0.465 e. The van der Waals surface area contributed by atoms with E-state index in [4.69, 9.17) is 15.0 Å². The Morgan fingerprint density at radius 2 is 2.10 bits per heavy atom. The Bertz CT molecular complexity index is 430. The smallest absolute Gasteiger partial charge is 0.329 e. The molecule has 1 N–H and O–H groups in total. The summed E-state index contributed by atoms with van der Waals surface area (Å²) in [7, 11) is 0. The number of nitrogens with zero attached hydrogens (tertiary/aromatic N) is 3. The van der Waals surface area contributed by atoms with Gasteiger partial charge < -0.3 is 9.47 Å². The van der Waals surface area contributed by atoms with Crippen LogP contribution in [-0.4, -0.2) is 42.4 Å². The third-order valence-electron chi connectivity index (χ3n) is 3.80. The summed E-state index contributed by atoms with van der Waals surface area (Å²) in [6.45, 7) is 10.8. The number of carbonyl (C=O) groups is 1. The minimum absolute atomic E-state index is 0.288. The molecule has 1 aliphatic rings. The van der Waals surface area contributed by atoms with Gasteiger partial charge in [-0.05, 0) is 53.1 Å². The molecule has 0 bridgehead atoms. The quantitative estimate of drug-likeness (QED) is 0.257. The Labute approximate surface area is 126 Å². The second kappa shape index (κ2) is 6.64. The van der Waals surface area contributed by atoms with E-state index in [0.717, 1.165) is 0 Å². The molecule has 1 fully saturated rings. The van der Waals surface area contributed by atoms with Gasteiger partial charge in [0, 0.05) is 17.9 Å². The van der Waals surface area contributed by atoms with Gasteiger partial charge in [-0.1, -0.05) is 5.11 Å². The Hall–Kier alpha value is -1.30. The van der Waals surface area contributed by atoms with Gasteiger partial charge in [0.1, 0.15) is 5.54 Å². The normalized spacial score (nSPS) is 26.1. The van der Waals surface area contributed by atoms with Crippen LogP contribution in [0.2, 0.25) is 0 Å². The molecule has 7 nitrogen and oxygen atoms in total. The van der Waals surface area contributed by atoms with Crippen molar-refractivity contribution < 1.29 is 14.3 Å². The molecule has 0 aromatic rings. The number of azide groups is 1. The van der Waals surface area contributed by atoms with Gasteiger partial charge in [-0.3, -0.25) is 5.32 Å². The average molecular weight is 298 g/mol. The van der Waals surface area contributed by atoms with Crippen molar-refractivity contribution >= 4 is 5.97 Å². The first-order valence-electron chi connectivity index (χ1n) is 7.34. The zero-order chi connectivity index (χ0) is 16.1. The Kier molecular flexibility index (Phi) is 5.61. The van der Waals surface area contributed by atoms with Gasteiger partial charge in [-0.15, -0.1) is 0 Å². The van der Waals surface area contributed by atoms with Gasteiger partial charge in [0.25, 0.3) is 0 Å². The highest BCUT2D eigenvalue weighted by Crippen LogP contribution is 2.45. The lowest BCUT2D eigenvalue weighted by molar-refractivity contribution is -0.159. The average Bonchev–Trinajstić information content (AvgIpc) is 2.54. The van der Waals surface area contributed by atoms with Gasteiger partial charge in [-0.2, -0.15) is 0 Å². The first-order valence-corrected chi connectivity index (χ1v) is 7.34. The molecule has 120 valence electrons. The van der Waals surface area contributed by atoms with Crippen molar-refractivity contribution in [2.24, 2.45) is 5.11 Å². The maximum Gasteiger partial charge on any atom is 0.329 e. The highest BCUT2D eigenvalue weighted by Gasteiger charge is 2.62. The summed E-state index contributed by atoms with van der Waals surface area (Å²) in [4.78, 5) is 15.3. The predicted octanol–water partition coefficient (Wildman–Crippen LogP) is 2.56. The van der Waals surface area contributed by atoms with Crippen molar-refractivity contribution in [2.75, 3.05) is 19.7 Å². The summed E-state index contributed by atoms with van der Waals surface area (Å²) in [5, 5.41) is 6.80. The van der Waals surface area contributed by atoms with Crippen molar-refractivity contribution in [1.82, 2.24) is 5.32 Å². The van der Waals surface area contributed by atoms with Gasteiger partial charge in [0.2, 0.25) is 0 Å². The van der Waals surface area contributed by atoms with E-state index >= 15 is 0 Å². The molecule has 1 rings (SSSR count). The molecule has 0 spiro atoms. The van der Waals surface area contributed by atoms with Crippen LogP contribution in [0.4, 0.5) is 0 Å². The topological polar surface area (TPSA) is 96.3 Å². The molecule has 7 heteroatoms. The first-order chi connectivity index (χ1) is 9.71. The molecule has 0 aliphatic carbocycles. The van der Waals surface area contributed by atoms with E-state index in [1.807, 2.05) is 27.7 Å². The second-order valence-corrected chi connectivity index (χ2v) is 6.41. The Morgan fingerprint density at radius 1 is 1.43 bits per heavy atom. The zero-order valence-corrected chi connectivity index (χ0v) is 13.6. The molecule has 21 heavy (non-hydrogen) atoms. The van der Waals surface area contributed by atoms with Crippen molar-refractivity contribution in [2.45, 2.75) is 64.2 Å². The fraction of sp³-hybridized carbons (Fsp3) is 0.929. The Balaban J connectivity index is 2.90. The molecule has 1 atom stereocenters. The number of esters is 1. The van der Waals surface area contributed by atoms with Crippen LogP contribution < -0.4 is 5.32 Å². The molecule has 0 radical (unpaired) electrons. The maximum absolute atomic E-state index is 12.5. The molecule has 0 saturated carbocycles. The fourth-order valence-corrected chi connectivity index (χ4v) is 3.08. The van der Waals surface area contributed by atoms with Crippen LogP contribution in [-0.2, 0) is 14.3 Å². The first kappa shape index (κ1) is 17.8. The molecule has 0 amide bonds. The monoisotopic (exact) mass is 298 g/mol. The van der Waals surface area contributed by atoms with E-state index < -0.39 is 16.7 Å². The van der Waals surface area contributed by atoms with E-state index in [1.54, 1.807) is 6.92 Å². The van der Waals surface area contributed by atoms with E-state index in [0.29, 0.717) is 32.5 Å². The number of ether oxygens (including phenoxy) is 2. The number of rotatable bonds is 7. The van der Waals surface area contributed by atoms with E-state index in [2.05, 4.69) is 15.3 Å². The summed E-state index contributed by atoms with van der Waals surface area (Å²) < 4.78 is 11.3. The Morgan fingerprint density at radius 3 is 2.57 bits per heavy atom. The standard InChI is InChI=1S/C14H26N4O3/c1-6-20-11(19)14(16-8-7-9-17-18-15)10-12(2,3)21-13(14,4)5/h16H,6-10H2,1-5H3. The third-order valence-corrected chi connectivity index (χ3v) is 3.80. The molecule has 1 heterocycles. The van der Waals surface area contributed by atoms with Crippen LogP contribution in [0, 0.1) is 0 Å². The lowest BCUT2D eigenvalue weighted by Gasteiger charge is -2.38. The van der Waals surface area contributed by atoms with Crippen molar-refractivity contribution in [1.29, 1.82) is 0 Å². The molecule has 0 aromatic carbocycles. The van der Waals surface area contributed by atoms with E-state index in [1.165, 1.54) is 0 Å². The predicted molar refractivity (Wildman–Crippen MR) is 79.9 cm³/mol. The van der Waals surface area contributed by atoms with Gasteiger partial charge >= 0.3 is 5.97 Å². The summed E-state index contributed by atoms with van der Waals surface area (Å²) in [6, 6.07) is 0. The summed E-state index contributed by atoms with van der Waals surface area (Å²) >= 11 is 0. The van der Waals surface area contributed by atoms with Gasteiger partial charge in [0.05, 0.1) is 17.8 Å². The van der Waals surface area contributed by atoms with Crippen LogP contribution in [0.3, 0.4) is 0 Å². The maximum atomic E-state index is 12.5. The summed E-state index contributed by atoms with van der Waals surface area (Å²) in [5.74, 6) is -0.288. The summed E-state index contributed by atoms with van der Waals surface area (Å²) in [6.07, 6.45) is 1.19. The van der Waals surface area contributed by atoms with Crippen LogP contribution in [0.15, 0.2) is 5.11 Å².